The highest BCUT2D eigenvalue weighted by atomic mass is 16.1. The molecular weight excluding hydrogens is 164 g/mol. The van der Waals surface area contributed by atoms with Gasteiger partial charge in [-0.2, -0.15) is 0 Å². The maximum absolute atomic E-state index is 11.3. The Kier molecular flexibility index (Phi) is 1.93. The molecule has 0 fully saturated rings. The summed E-state index contributed by atoms with van der Waals surface area (Å²) < 4.78 is 0. The minimum absolute atomic E-state index is 0.0246. The third-order valence-electron chi connectivity index (χ3n) is 2.39. The van der Waals surface area contributed by atoms with Gasteiger partial charge in [-0.3, -0.25) is 4.79 Å². The van der Waals surface area contributed by atoms with Crippen LogP contribution in [0.1, 0.15) is 28.4 Å². The van der Waals surface area contributed by atoms with Crippen molar-refractivity contribution in [2.45, 2.75) is 12.3 Å². The van der Waals surface area contributed by atoms with Gasteiger partial charge in [-0.1, -0.05) is 6.08 Å². The Labute approximate surface area is 76.8 Å². The van der Waals surface area contributed by atoms with Crippen molar-refractivity contribution in [1.82, 2.24) is 10.3 Å². The lowest BCUT2D eigenvalue weighted by Gasteiger charge is -2.21. The van der Waals surface area contributed by atoms with Gasteiger partial charge in [0.2, 0.25) is 0 Å². The summed E-state index contributed by atoms with van der Waals surface area (Å²) in [6, 6.07) is 1.82. The predicted molar refractivity (Wildman–Crippen MR) is 50.7 cm³/mol. The van der Waals surface area contributed by atoms with Gasteiger partial charge >= 0.3 is 0 Å². The molecule has 0 spiro atoms. The number of H-pyrrole nitrogens is 1. The van der Waals surface area contributed by atoms with Crippen molar-refractivity contribution in [3.8, 4) is 0 Å². The van der Waals surface area contributed by atoms with E-state index in [2.05, 4.69) is 16.9 Å². The van der Waals surface area contributed by atoms with Gasteiger partial charge in [-0.05, 0) is 12.5 Å². The number of aromatic nitrogens is 1. The number of rotatable bonds is 2. The summed E-state index contributed by atoms with van der Waals surface area (Å²) in [7, 11) is 0. The molecule has 2 N–H and O–H groups in total. The molecule has 0 bridgehead atoms. The first kappa shape index (κ1) is 8.10. The topological polar surface area (TPSA) is 44.9 Å². The van der Waals surface area contributed by atoms with E-state index in [-0.39, 0.29) is 5.91 Å². The molecule has 2 heterocycles. The molecular formula is C10H12N2O. The van der Waals surface area contributed by atoms with Gasteiger partial charge in [0.15, 0.2) is 0 Å². The Bertz CT molecular complexity index is 340. The fraction of sp³-hybridized carbons (Fsp3) is 0.300. The van der Waals surface area contributed by atoms with Crippen LogP contribution in [-0.4, -0.2) is 17.4 Å². The zero-order valence-electron chi connectivity index (χ0n) is 7.34. The molecule has 68 valence electrons. The van der Waals surface area contributed by atoms with Crippen LogP contribution < -0.4 is 5.32 Å². The second kappa shape index (κ2) is 3.09. The van der Waals surface area contributed by atoms with Crippen LogP contribution in [0.3, 0.4) is 0 Å². The van der Waals surface area contributed by atoms with E-state index in [0.29, 0.717) is 12.5 Å². The molecule has 0 saturated carbocycles. The summed E-state index contributed by atoms with van der Waals surface area (Å²) in [5.41, 5.74) is 1.82. The summed E-state index contributed by atoms with van der Waals surface area (Å²) in [6.45, 7) is 4.41. The van der Waals surface area contributed by atoms with E-state index in [1.54, 1.807) is 0 Å². The minimum atomic E-state index is 0.0246. The van der Waals surface area contributed by atoms with Crippen LogP contribution in [0.5, 0.6) is 0 Å². The largest absolute Gasteiger partial charge is 0.364 e. The smallest absolute Gasteiger partial charge is 0.253 e. The average molecular weight is 176 g/mol. The first-order chi connectivity index (χ1) is 6.33. The van der Waals surface area contributed by atoms with Crippen LogP contribution >= 0.6 is 0 Å². The molecule has 1 aliphatic heterocycles. The van der Waals surface area contributed by atoms with Gasteiger partial charge < -0.3 is 10.3 Å². The predicted octanol–water partition coefficient (Wildman–Crippen LogP) is 1.42. The molecule has 1 atom stereocenters. The third kappa shape index (κ3) is 1.26. The Morgan fingerprint density at radius 1 is 1.69 bits per heavy atom. The first-order valence-corrected chi connectivity index (χ1v) is 4.39. The van der Waals surface area contributed by atoms with Crippen molar-refractivity contribution in [2.24, 2.45) is 0 Å². The van der Waals surface area contributed by atoms with Crippen molar-refractivity contribution in [2.75, 3.05) is 6.54 Å². The van der Waals surface area contributed by atoms with E-state index in [1.807, 2.05) is 18.3 Å². The maximum atomic E-state index is 11.3. The van der Waals surface area contributed by atoms with Gasteiger partial charge in [-0.15, -0.1) is 6.58 Å². The Hall–Kier alpha value is -1.51. The Balaban J connectivity index is 2.34. The number of carbonyl (C=O) groups is 1. The molecule has 3 heteroatoms. The molecule has 1 unspecified atom stereocenters. The fourth-order valence-corrected chi connectivity index (χ4v) is 1.73. The molecule has 0 radical (unpaired) electrons. The lowest BCUT2D eigenvalue weighted by Crippen LogP contribution is -2.34. The molecule has 1 aromatic heterocycles. The molecule has 2 rings (SSSR count). The number of aromatic amines is 1. The van der Waals surface area contributed by atoms with E-state index >= 15 is 0 Å². The fourth-order valence-electron chi connectivity index (χ4n) is 1.73. The monoisotopic (exact) mass is 176 g/mol. The van der Waals surface area contributed by atoms with Crippen molar-refractivity contribution in [3.63, 3.8) is 0 Å². The van der Waals surface area contributed by atoms with Crippen LogP contribution in [0.4, 0.5) is 0 Å². The standard InChI is InChI=1S/C10H12N2O/c1-2-3-7-6-12-10(13)8-4-5-11-9(7)8/h2,4-5,7,11H,1,3,6H2,(H,12,13). The van der Waals surface area contributed by atoms with Gasteiger partial charge in [0.1, 0.15) is 0 Å². The van der Waals surface area contributed by atoms with Gasteiger partial charge in [-0.25, -0.2) is 0 Å². The lowest BCUT2D eigenvalue weighted by atomic mass is 9.95. The summed E-state index contributed by atoms with van der Waals surface area (Å²) in [5, 5.41) is 2.85. The number of amides is 1. The first-order valence-electron chi connectivity index (χ1n) is 4.39. The normalized spacial score (nSPS) is 20.6. The molecule has 0 aliphatic carbocycles. The molecule has 0 saturated heterocycles. The SMILES string of the molecule is C=CCC1CNC(=O)c2cc[nH]c21. The second-order valence-electron chi connectivity index (χ2n) is 3.24. The van der Waals surface area contributed by atoms with E-state index in [4.69, 9.17) is 0 Å². The third-order valence-corrected chi connectivity index (χ3v) is 2.39. The van der Waals surface area contributed by atoms with Crippen molar-refractivity contribution in [3.05, 3.63) is 36.2 Å². The van der Waals surface area contributed by atoms with Crippen molar-refractivity contribution in [1.29, 1.82) is 0 Å². The van der Waals surface area contributed by atoms with Crippen LogP contribution in [0, 0.1) is 0 Å². The zero-order chi connectivity index (χ0) is 9.26. The van der Waals surface area contributed by atoms with Crippen LogP contribution in [-0.2, 0) is 0 Å². The molecule has 0 aromatic carbocycles. The molecule has 1 amide bonds. The molecule has 13 heavy (non-hydrogen) atoms. The zero-order valence-corrected chi connectivity index (χ0v) is 7.34. The molecule has 1 aliphatic rings. The number of allylic oxidation sites excluding steroid dienone is 1. The number of hydrogen-bond donors (Lipinski definition) is 2. The van der Waals surface area contributed by atoms with Crippen molar-refractivity contribution < 1.29 is 4.79 Å². The summed E-state index contributed by atoms with van der Waals surface area (Å²) in [4.78, 5) is 14.5. The maximum Gasteiger partial charge on any atom is 0.253 e. The van der Waals surface area contributed by atoms with E-state index in [9.17, 15) is 4.79 Å². The van der Waals surface area contributed by atoms with Crippen LogP contribution in [0.15, 0.2) is 24.9 Å². The van der Waals surface area contributed by atoms with Crippen molar-refractivity contribution >= 4 is 5.91 Å². The summed E-state index contributed by atoms with van der Waals surface area (Å²) in [6.07, 6.45) is 4.59. The highest BCUT2D eigenvalue weighted by Crippen LogP contribution is 2.25. The number of hydrogen-bond acceptors (Lipinski definition) is 1. The quantitative estimate of drug-likeness (QED) is 0.657. The number of fused-ring (bicyclic) bond motifs is 1. The lowest BCUT2D eigenvalue weighted by molar-refractivity contribution is 0.0940. The molecule has 3 nitrogen and oxygen atoms in total. The second-order valence-corrected chi connectivity index (χ2v) is 3.24. The summed E-state index contributed by atoms with van der Waals surface area (Å²) in [5.74, 6) is 0.386. The molecule has 1 aromatic rings. The van der Waals surface area contributed by atoms with E-state index < -0.39 is 0 Å². The minimum Gasteiger partial charge on any atom is -0.364 e. The highest BCUT2D eigenvalue weighted by molar-refractivity contribution is 5.96. The number of carbonyl (C=O) groups excluding carboxylic acids is 1. The van der Waals surface area contributed by atoms with Gasteiger partial charge in [0, 0.05) is 24.4 Å². The highest BCUT2D eigenvalue weighted by Gasteiger charge is 2.24. The van der Waals surface area contributed by atoms with Gasteiger partial charge in [0.25, 0.3) is 5.91 Å². The van der Waals surface area contributed by atoms with E-state index in [1.165, 1.54) is 0 Å². The summed E-state index contributed by atoms with van der Waals surface area (Å²) >= 11 is 0. The number of nitrogens with one attached hydrogen (secondary N) is 2. The van der Waals surface area contributed by atoms with Gasteiger partial charge in [0.05, 0.1) is 5.56 Å². The average Bonchev–Trinajstić information content (AvgIpc) is 2.59. The van der Waals surface area contributed by atoms with Crippen LogP contribution in [0.2, 0.25) is 0 Å². The van der Waals surface area contributed by atoms with E-state index in [0.717, 1.165) is 17.7 Å². The Morgan fingerprint density at radius 2 is 2.54 bits per heavy atom. The van der Waals surface area contributed by atoms with Crippen LogP contribution in [0.25, 0.3) is 0 Å². The Morgan fingerprint density at radius 3 is 3.31 bits per heavy atom.